The van der Waals surface area contributed by atoms with Crippen molar-refractivity contribution in [2.45, 2.75) is 0 Å². The molecule has 7 nitrogen and oxygen atoms in total. The molecule has 1 aromatic carbocycles. The number of hydrogen-bond donors (Lipinski definition) is 3. The van der Waals surface area contributed by atoms with Crippen LogP contribution in [0, 0.1) is 0 Å². The molecule has 7 heteroatoms. The number of anilines is 3. The molecule has 1 fully saturated rings. The molecule has 1 amide bonds. The molecule has 2 aromatic heterocycles. The summed E-state index contributed by atoms with van der Waals surface area (Å²) >= 11 is 0. The van der Waals surface area contributed by atoms with Gasteiger partial charge in [-0.1, -0.05) is 6.07 Å². The number of piperazine rings is 1. The van der Waals surface area contributed by atoms with Crippen LogP contribution in [0.15, 0.2) is 61.1 Å². The molecule has 0 atom stereocenters. The van der Waals surface area contributed by atoms with Crippen molar-refractivity contribution in [2.75, 3.05) is 42.1 Å². The SMILES string of the molecule is Nc1ccc(-c2ccncc2)cc1NC(=O)c1ccc(N2CCNCC2)cn1. The van der Waals surface area contributed by atoms with Crippen molar-refractivity contribution in [3.8, 4) is 11.1 Å². The van der Waals surface area contributed by atoms with Gasteiger partial charge in [-0.05, 0) is 47.5 Å². The summed E-state index contributed by atoms with van der Waals surface area (Å²) in [5.41, 5.74) is 10.5. The molecular weight excluding hydrogens is 352 g/mol. The van der Waals surface area contributed by atoms with Crippen LogP contribution in [0.25, 0.3) is 11.1 Å². The Morgan fingerprint density at radius 2 is 1.82 bits per heavy atom. The number of hydrogen-bond acceptors (Lipinski definition) is 6. The normalized spacial score (nSPS) is 13.9. The molecule has 3 aromatic rings. The van der Waals surface area contributed by atoms with Gasteiger partial charge in [-0.25, -0.2) is 4.98 Å². The van der Waals surface area contributed by atoms with Crippen LogP contribution in [0.4, 0.5) is 17.1 Å². The van der Waals surface area contributed by atoms with Crippen molar-refractivity contribution in [1.82, 2.24) is 15.3 Å². The van der Waals surface area contributed by atoms with Crippen LogP contribution < -0.4 is 21.3 Å². The molecule has 0 bridgehead atoms. The lowest BCUT2D eigenvalue weighted by atomic mass is 10.1. The van der Waals surface area contributed by atoms with E-state index in [0.717, 1.165) is 43.0 Å². The van der Waals surface area contributed by atoms with Crippen molar-refractivity contribution in [2.24, 2.45) is 0 Å². The molecule has 0 saturated carbocycles. The molecule has 0 aliphatic carbocycles. The number of nitrogens with one attached hydrogen (secondary N) is 2. The Balaban J connectivity index is 1.50. The van der Waals surface area contributed by atoms with Gasteiger partial charge in [0.2, 0.25) is 0 Å². The number of carbonyl (C=O) groups is 1. The minimum Gasteiger partial charge on any atom is -0.397 e. The van der Waals surface area contributed by atoms with Crippen molar-refractivity contribution in [1.29, 1.82) is 0 Å². The molecule has 0 spiro atoms. The van der Waals surface area contributed by atoms with Gasteiger partial charge in [0, 0.05) is 38.6 Å². The second-order valence-corrected chi connectivity index (χ2v) is 6.63. The van der Waals surface area contributed by atoms with Crippen LogP contribution in [0.5, 0.6) is 0 Å². The highest BCUT2D eigenvalue weighted by molar-refractivity contribution is 6.05. The minimum atomic E-state index is -0.287. The van der Waals surface area contributed by atoms with Gasteiger partial charge in [-0.2, -0.15) is 0 Å². The van der Waals surface area contributed by atoms with E-state index in [1.54, 1.807) is 30.7 Å². The number of pyridine rings is 2. The Morgan fingerprint density at radius 3 is 2.54 bits per heavy atom. The van der Waals surface area contributed by atoms with E-state index >= 15 is 0 Å². The van der Waals surface area contributed by atoms with Gasteiger partial charge in [0.25, 0.3) is 5.91 Å². The molecule has 4 N–H and O–H groups in total. The molecule has 1 saturated heterocycles. The van der Waals surface area contributed by atoms with Crippen molar-refractivity contribution >= 4 is 23.0 Å². The summed E-state index contributed by atoms with van der Waals surface area (Å²) in [5.74, 6) is -0.287. The summed E-state index contributed by atoms with van der Waals surface area (Å²) in [6, 6.07) is 13.1. The van der Waals surface area contributed by atoms with Gasteiger partial charge in [0.05, 0.1) is 23.3 Å². The predicted octanol–water partition coefficient (Wildman–Crippen LogP) is 2.39. The maximum Gasteiger partial charge on any atom is 0.274 e. The van der Waals surface area contributed by atoms with Crippen LogP contribution in [-0.4, -0.2) is 42.1 Å². The maximum atomic E-state index is 12.6. The molecule has 1 aliphatic heterocycles. The third-order valence-electron chi connectivity index (χ3n) is 4.78. The van der Waals surface area contributed by atoms with Crippen molar-refractivity contribution in [3.05, 3.63) is 66.7 Å². The lowest BCUT2D eigenvalue weighted by molar-refractivity contribution is 0.102. The van der Waals surface area contributed by atoms with Gasteiger partial charge in [0.15, 0.2) is 0 Å². The fourth-order valence-corrected chi connectivity index (χ4v) is 3.21. The van der Waals surface area contributed by atoms with E-state index in [4.69, 9.17) is 5.73 Å². The fraction of sp³-hybridized carbons (Fsp3) is 0.190. The molecule has 142 valence electrons. The lowest BCUT2D eigenvalue weighted by Gasteiger charge is -2.29. The van der Waals surface area contributed by atoms with Gasteiger partial charge in [-0.15, -0.1) is 0 Å². The minimum absolute atomic E-state index is 0.287. The van der Waals surface area contributed by atoms with Gasteiger partial charge >= 0.3 is 0 Å². The van der Waals surface area contributed by atoms with E-state index in [0.29, 0.717) is 17.1 Å². The van der Waals surface area contributed by atoms with Gasteiger partial charge < -0.3 is 21.3 Å². The zero-order valence-electron chi connectivity index (χ0n) is 15.4. The number of aromatic nitrogens is 2. The summed E-state index contributed by atoms with van der Waals surface area (Å²) < 4.78 is 0. The molecular formula is C21H22N6O. The first-order chi connectivity index (χ1) is 13.7. The van der Waals surface area contributed by atoms with Gasteiger partial charge in [0.1, 0.15) is 5.69 Å². The van der Waals surface area contributed by atoms with E-state index in [9.17, 15) is 4.79 Å². The highest BCUT2D eigenvalue weighted by atomic mass is 16.1. The Bertz CT molecular complexity index is 952. The number of carbonyl (C=O) groups excluding carboxylic acids is 1. The first kappa shape index (κ1) is 17.9. The summed E-state index contributed by atoms with van der Waals surface area (Å²) in [7, 11) is 0. The maximum absolute atomic E-state index is 12.6. The average molecular weight is 374 g/mol. The quantitative estimate of drug-likeness (QED) is 0.607. The predicted molar refractivity (Wildman–Crippen MR) is 111 cm³/mol. The summed E-state index contributed by atoms with van der Waals surface area (Å²) in [4.78, 5) is 23.3. The van der Waals surface area contributed by atoms with E-state index in [2.05, 4.69) is 25.5 Å². The molecule has 4 rings (SSSR count). The molecule has 0 unspecified atom stereocenters. The monoisotopic (exact) mass is 374 g/mol. The van der Waals surface area contributed by atoms with Crippen molar-refractivity contribution < 1.29 is 4.79 Å². The Hall–Kier alpha value is -3.45. The summed E-state index contributed by atoms with van der Waals surface area (Å²) in [6.07, 6.45) is 5.21. The zero-order valence-corrected chi connectivity index (χ0v) is 15.4. The fourth-order valence-electron chi connectivity index (χ4n) is 3.21. The van der Waals surface area contributed by atoms with Crippen LogP contribution in [0.1, 0.15) is 10.5 Å². The highest BCUT2D eigenvalue weighted by Crippen LogP contribution is 2.27. The number of nitrogens with two attached hydrogens (primary N) is 1. The van der Waals surface area contributed by atoms with E-state index in [1.807, 2.05) is 30.3 Å². The second-order valence-electron chi connectivity index (χ2n) is 6.63. The van der Waals surface area contributed by atoms with Crippen LogP contribution >= 0.6 is 0 Å². The number of amides is 1. The Kier molecular flexibility index (Phi) is 5.16. The number of nitrogen functional groups attached to an aromatic ring is 1. The molecule has 3 heterocycles. The number of nitrogens with zero attached hydrogens (tertiary/aromatic N) is 3. The Labute approximate surface area is 163 Å². The van der Waals surface area contributed by atoms with E-state index in [-0.39, 0.29) is 5.91 Å². The lowest BCUT2D eigenvalue weighted by Crippen LogP contribution is -2.43. The summed E-state index contributed by atoms with van der Waals surface area (Å²) in [5, 5.41) is 6.19. The molecule has 1 aliphatic rings. The topological polar surface area (TPSA) is 96.2 Å². The van der Waals surface area contributed by atoms with Crippen LogP contribution in [-0.2, 0) is 0 Å². The molecule has 0 radical (unpaired) electrons. The molecule has 28 heavy (non-hydrogen) atoms. The third-order valence-corrected chi connectivity index (χ3v) is 4.78. The highest BCUT2D eigenvalue weighted by Gasteiger charge is 2.14. The number of rotatable bonds is 4. The summed E-state index contributed by atoms with van der Waals surface area (Å²) in [6.45, 7) is 3.78. The van der Waals surface area contributed by atoms with E-state index in [1.165, 1.54) is 0 Å². The van der Waals surface area contributed by atoms with Crippen LogP contribution in [0.3, 0.4) is 0 Å². The smallest absolute Gasteiger partial charge is 0.274 e. The average Bonchev–Trinajstić information content (AvgIpc) is 2.76. The van der Waals surface area contributed by atoms with E-state index < -0.39 is 0 Å². The third kappa shape index (κ3) is 3.94. The standard InChI is InChI=1S/C21H22N6O/c22-18-3-1-16(15-5-7-23-8-6-15)13-20(18)26-21(28)19-4-2-17(14-25-19)27-11-9-24-10-12-27/h1-8,13-14,24H,9-12,22H2,(H,26,28). The number of benzene rings is 1. The van der Waals surface area contributed by atoms with Gasteiger partial charge in [-0.3, -0.25) is 9.78 Å². The second kappa shape index (κ2) is 8.06. The van der Waals surface area contributed by atoms with Crippen molar-refractivity contribution in [3.63, 3.8) is 0 Å². The van der Waals surface area contributed by atoms with Crippen LogP contribution in [0.2, 0.25) is 0 Å². The first-order valence-corrected chi connectivity index (χ1v) is 9.24. The Morgan fingerprint density at radius 1 is 1.04 bits per heavy atom. The zero-order chi connectivity index (χ0) is 19.3. The largest absolute Gasteiger partial charge is 0.397 e. The first-order valence-electron chi connectivity index (χ1n) is 9.24.